The van der Waals surface area contributed by atoms with Crippen molar-refractivity contribution < 1.29 is 14.3 Å². The fourth-order valence-corrected chi connectivity index (χ4v) is 3.51. The van der Waals surface area contributed by atoms with Gasteiger partial charge in [0.2, 0.25) is 0 Å². The number of urea groups is 1. The number of amides is 2. The van der Waals surface area contributed by atoms with Crippen LogP contribution in [0.1, 0.15) is 40.6 Å². The minimum absolute atomic E-state index is 0.316. The Morgan fingerprint density at radius 2 is 2.05 bits per heavy atom. The molecule has 104 valence electrons. The van der Waals surface area contributed by atoms with Crippen LogP contribution in [0, 0.1) is 0 Å². The van der Waals surface area contributed by atoms with Crippen molar-refractivity contribution in [3.8, 4) is 0 Å². The van der Waals surface area contributed by atoms with E-state index in [0.29, 0.717) is 17.2 Å². The number of hydrogen-bond acceptors (Lipinski definition) is 4. The molecule has 2 N–H and O–H groups in total. The number of nitrogens with one attached hydrogen (secondary N) is 2. The van der Waals surface area contributed by atoms with E-state index in [1.54, 1.807) is 14.0 Å². The summed E-state index contributed by atoms with van der Waals surface area (Å²) in [4.78, 5) is 24.7. The highest BCUT2D eigenvalue weighted by atomic mass is 32.1. The van der Waals surface area contributed by atoms with E-state index in [2.05, 4.69) is 10.6 Å². The molecule has 0 unspecified atom stereocenters. The van der Waals surface area contributed by atoms with Crippen LogP contribution in [-0.4, -0.2) is 25.7 Å². The van der Waals surface area contributed by atoms with Crippen molar-refractivity contribution in [3.05, 3.63) is 16.0 Å². The lowest BCUT2D eigenvalue weighted by molar-refractivity contribution is 0.0526. The minimum atomic E-state index is -0.340. The summed E-state index contributed by atoms with van der Waals surface area (Å²) in [7, 11) is 1.55. The van der Waals surface area contributed by atoms with Crippen molar-refractivity contribution >= 4 is 28.3 Å². The fourth-order valence-electron chi connectivity index (χ4n) is 2.24. The van der Waals surface area contributed by atoms with Gasteiger partial charge >= 0.3 is 12.0 Å². The lowest BCUT2D eigenvalue weighted by Gasteiger charge is -2.12. The van der Waals surface area contributed by atoms with Gasteiger partial charge in [-0.15, -0.1) is 11.3 Å². The van der Waals surface area contributed by atoms with Gasteiger partial charge in [0.1, 0.15) is 5.00 Å². The highest BCUT2D eigenvalue weighted by molar-refractivity contribution is 7.17. The molecule has 0 aliphatic heterocycles. The number of carbonyl (C=O) groups excluding carboxylic acids is 2. The molecular formula is C13H18N2O3S. The Bertz CT molecular complexity index is 496. The largest absolute Gasteiger partial charge is 0.462 e. The first kappa shape index (κ1) is 13.9. The maximum Gasteiger partial charge on any atom is 0.341 e. The Labute approximate surface area is 116 Å². The van der Waals surface area contributed by atoms with E-state index in [-0.39, 0.29) is 12.0 Å². The van der Waals surface area contributed by atoms with Crippen molar-refractivity contribution in [3.63, 3.8) is 0 Å². The molecule has 0 aromatic carbocycles. The van der Waals surface area contributed by atoms with Crippen LogP contribution in [0.3, 0.4) is 0 Å². The third-order valence-corrected chi connectivity index (χ3v) is 4.31. The molecular weight excluding hydrogens is 264 g/mol. The van der Waals surface area contributed by atoms with Gasteiger partial charge in [-0.25, -0.2) is 9.59 Å². The second kappa shape index (κ2) is 6.06. The molecule has 19 heavy (non-hydrogen) atoms. The van der Waals surface area contributed by atoms with E-state index in [0.717, 1.165) is 31.2 Å². The standard InChI is InChI=1S/C13H18N2O3S/c1-3-18-12(16)10-8-6-4-5-7-9(8)19-11(10)15-13(17)14-2/h3-7H2,1-2H3,(H2,14,15,17). The van der Waals surface area contributed by atoms with Crippen molar-refractivity contribution in [1.29, 1.82) is 0 Å². The highest BCUT2D eigenvalue weighted by Crippen LogP contribution is 2.38. The number of aryl methyl sites for hydroxylation is 1. The minimum Gasteiger partial charge on any atom is -0.462 e. The lowest BCUT2D eigenvalue weighted by Crippen LogP contribution is -2.25. The third-order valence-electron chi connectivity index (χ3n) is 3.10. The Kier molecular flexibility index (Phi) is 4.42. The number of anilines is 1. The Morgan fingerprint density at radius 1 is 1.32 bits per heavy atom. The summed E-state index contributed by atoms with van der Waals surface area (Å²) in [6.45, 7) is 2.12. The smallest absolute Gasteiger partial charge is 0.341 e. The van der Waals surface area contributed by atoms with Crippen LogP contribution in [0.4, 0.5) is 9.80 Å². The fraction of sp³-hybridized carbons (Fsp3) is 0.538. The SMILES string of the molecule is CCOC(=O)c1c(NC(=O)NC)sc2c1CCCC2. The van der Waals surface area contributed by atoms with E-state index in [1.807, 2.05) is 0 Å². The Hall–Kier alpha value is -1.56. The van der Waals surface area contributed by atoms with Gasteiger partial charge < -0.3 is 10.1 Å². The van der Waals surface area contributed by atoms with E-state index in [9.17, 15) is 9.59 Å². The number of fused-ring (bicyclic) bond motifs is 1. The normalized spacial score (nSPS) is 13.6. The molecule has 1 aliphatic carbocycles. The van der Waals surface area contributed by atoms with Crippen molar-refractivity contribution in [2.75, 3.05) is 19.0 Å². The molecule has 0 saturated heterocycles. The summed E-state index contributed by atoms with van der Waals surface area (Å²) in [5.41, 5.74) is 1.60. The van der Waals surface area contributed by atoms with Crippen molar-refractivity contribution in [2.24, 2.45) is 0 Å². The van der Waals surface area contributed by atoms with Gasteiger partial charge in [0.25, 0.3) is 0 Å². The summed E-state index contributed by atoms with van der Waals surface area (Å²) in [6.07, 6.45) is 4.07. The number of rotatable bonds is 3. The van der Waals surface area contributed by atoms with E-state index < -0.39 is 0 Å². The van der Waals surface area contributed by atoms with E-state index in [4.69, 9.17) is 4.74 Å². The number of hydrogen-bond donors (Lipinski definition) is 2. The molecule has 0 radical (unpaired) electrons. The topological polar surface area (TPSA) is 67.4 Å². The molecule has 1 aromatic heterocycles. The monoisotopic (exact) mass is 282 g/mol. The number of thiophene rings is 1. The molecule has 0 fully saturated rings. The summed E-state index contributed by atoms with van der Waals surface area (Å²) >= 11 is 1.49. The maximum atomic E-state index is 12.1. The molecule has 2 rings (SSSR count). The van der Waals surface area contributed by atoms with E-state index >= 15 is 0 Å². The van der Waals surface area contributed by atoms with E-state index in [1.165, 1.54) is 16.2 Å². The second-order valence-corrected chi connectivity index (χ2v) is 5.44. The Balaban J connectivity index is 2.37. The number of ether oxygens (including phenoxy) is 1. The zero-order valence-corrected chi connectivity index (χ0v) is 12.0. The first-order valence-electron chi connectivity index (χ1n) is 6.47. The highest BCUT2D eigenvalue weighted by Gasteiger charge is 2.26. The first-order chi connectivity index (χ1) is 9.17. The second-order valence-electron chi connectivity index (χ2n) is 4.34. The summed E-state index contributed by atoms with van der Waals surface area (Å²) in [5.74, 6) is -0.340. The predicted octanol–water partition coefficient (Wildman–Crippen LogP) is 2.55. The average Bonchev–Trinajstić information content (AvgIpc) is 2.76. The lowest BCUT2D eigenvalue weighted by atomic mass is 9.95. The van der Waals surface area contributed by atoms with Crippen LogP contribution in [0.2, 0.25) is 0 Å². The molecule has 1 heterocycles. The summed E-state index contributed by atoms with van der Waals surface area (Å²) < 4.78 is 5.10. The molecule has 2 amide bonds. The van der Waals surface area contributed by atoms with Crippen LogP contribution in [-0.2, 0) is 17.6 Å². The zero-order valence-electron chi connectivity index (χ0n) is 11.2. The molecule has 0 spiro atoms. The van der Waals surface area contributed by atoms with Gasteiger partial charge in [0.15, 0.2) is 0 Å². The molecule has 6 heteroatoms. The molecule has 1 aromatic rings. The Morgan fingerprint density at radius 3 is 2.74 bits per heavy atom. The molecule has 0 atom stereocenters. The van der Waals surface area contributed by atoms with Gasteiger partial charge in [-0.1, -0.05) is 0 Å². The number of esters is 1. The van der Waals surface area contributed by atoms with Crippen LogP contribution in [0.15, 0.2) is 0 Å². The van der Waals surface area contributed by atoms with Gasteiger partial charge in [-0.2, -0.15) is 0 Å². The van der Waals surface area contributed by atoms with Gasteiger partial charge in [0.05, 0.1) is 12.2 Å². The first-order valence-corrected chi connectivity index (χ1v) is 7.29. The molecule has 5 nitrogen and oxygen atoms in total. The van der Waals surface area contributed by atoms with Gasteiger partial charge in [-0.3, -0.25) is 5.32 Å². The van der Waals surface area contributed by atoms with Crippen molar-refractivity contribution in [1.82, 2.24) is 5.32 Å². The zero-order chi connectivity index (χ0) is 13.8. The average molecular weight is 282 g/mol. The molecule has 1 aliphatic rings. The van der Waals surface area contributed by atoms with Crippen LogP contribution < -0.4 is 10.6 Å². The van der Waals surface area contributed by atoms with Crippen LogP contribution in [0.5, 0.6) is 0 Å². The molecule has 0 saturated carbocycles. The number of carbonyl (C=O) groups is 2. The summed E-state index contributed by atoms with van der Waals surface area (Å²) in [5, 5.41) is 5.82. The van der Waals surface area contributed by atoms with Crippen molar-refractivity contribution in [2.45, 2.75) is 32.6 Å². The van der Waals surface area contributed by atoms with Gasteiger partial charge in [-0.05, 0) is 38.2 Å². The van der Waals surface area contributed by atoms with Gasteiger partial charge in [0, 0.05) is 11.9 Å². The predicted molar refractivity (Wildman–Crippen MR) is 75.0 cm³/mol. The molecule has 0 bridgehead atoms. The maximum absolute atomic E-state index is 12.1. The third kappa shape index (κ3) is 2.89. The summed E-state index contributed by atoms with van der Waals surface area (Å²) in [6, 6.07) is -0.316. The van der Waals surface area contributed by atoms with Crippen LogP contribution >= 0.6 is 11.3 Å². The van der Waals surface area contributed by atoms with Crippen LogP contribution in [0.25, 0.3) is 0 Å². The quantitative estimate of drug-likeness (QED) is 0.837.